The first-order valence-corrected chi connectivity index (χ1v) is 3.94. The third-order valence-corrected chi connectivity index (χ3v) is 1.81. The number of para-hydroxylation sites is 1. The number of nitrogens with zero attached hydrogens (tertiary/aromatic N) is 4. The fourth-order valence-corrected chi connectivity index (χ4v) is 1.15. The van der Waals surface area contributed by atoms with Gasteiger partial charge in [-0.15, -0.1) is 0 Å². The molecule has 0 amide bonds. The normalized spacial score (nSPS) is 11.5. The second kappa shape index (κ2) is 4.25. The van der Waals surface area contributed by atoms with Crippen molar-refractivity contribution in [2.75, 3.05) is 0 Å². The zero-order valence-electron chi connectivity index (χ0n) is 7.49. The van der Waals surface area contributed by atoms with Gasteiger partial charge in [0.1, 0.15) is 0 Å². The van der Waals surface area contributed by atoms with Crippen LogP contribution in [0.5, 0.6) is 0 Å². The highest BCUT2D eigenvalue weighted by Gasteiger charge is 2.16. The van der Waals surface area contributed by atoms with E-state index in [1.165, 1.54) is 6.07 Å². The van der Waals surface area contributed by atoms with Gasteiger partial charge in [-0.25, -0.2) is 0 Å². The fraction of sp³-hybridized carbons (Fsp3) is 0.250. The van der Waals surface area contributed by atoms with E-state index in [1.54, 1.807) is 25.1 Å². The van der Waals surface area contributed by atoms with Crippen molar-refractivity contribution in [3.8, 4) is 0 Å². The molecule has 6 nitrogen and oxygen atoms in total. The molecule has 1 aromatic carbocycles. The molecule has 0 N–H and O–H groups in total. The molecule has 1 aromatic rings. The first-order chi connectivity index (χ1) is 6.66. The van der Waals surface area contributed by atoms with Crippen molar-refractivity contribution < 1.29 is 4.92 Å². The van der Waals surface area contributed by atoms with Crippen molar-refractivity contribution in [3.63, 3.8) is 0 Å². The Kier molecular flexibility index (Phi) is 3.04. The van der Waals surface area contributed by atoms with Gasteiger partial charge in [0.2, 0.25) is 0 Å². The molecular weight excluding hydrogens is 184 g/mol. The first kappa shape index (κ1) is 10.0. The summed E-state index contributed by atoms with van der Waals surface area (Å²) in [6.07, 6.45) is 0. The lowest BCUT2D eigenvalue weighted by Gasteiger charge is -2.04. The molecule has 0 saturated heterocycles. The lowest BCUT2D eigenvalue weighted by Crippen LogP contribution is -1.96. The Balaban J connectivity index is 3.19. The van der Waals surface area contributed by atoms with Crippen LogP contribution in [0.3, 0.4) is 0 Å². The van der Waals surface area contributed by atoms with Crippen LogP contribution in [0.2, 0.25) is 0 Å². The predicted octanol–water partition coefficient (Wildman–Crippen LogP) is 2.97. The first-order valence-electron chi connectivity index (χ1n) is 3.94. The number of azide groups is 1. The average Bonchev–Trinajstić information content (AvgIpc) is 2.18. The Morgan fingerprint density at radius 1 is 1.57 bits per heavy atom. The quantitative estimate of drug-likeness (QED) is 0.242. The highest BCUT2D eigenvalue weighted by atomic mass is 16.6. The third kappa shape index (κ3) is 1.99. The van der Waals surface area contributed by atoms with Gasteiger partial charge in [-0.2, -0.15) is 0 Å². The smallest absolute Gasteiger partial charge is 0.258 e. The maximum Gasteiger partial charge on any atom is 0.272 e. The summed E-state index contributed by atoms with van der Waals surface area (Å²) in [5.74, 6) is 0. The maximum atomic E-state index is 10.6. The lowest BCUT2D eigenvalue weighted by atomic mass is 10.1. The van der Waals surface area contributed by atoms with E-state index in [4.69, 9.17) is 5.53 Å². The Bertz CT molecular complexity index is 398. The van der Waals surface area contributed by atoms with Gasteiger partial charge in [0.05, 0.1) is 11.0 Å². The molecule has 0 aliphatic heterocycles. The topological polar surface area (TPSA) is 91.9 Å². The molecule has 0 aromatic heterocycles. The van der Waals surface area contributed by atoms with Crippen LogP contribution < -0.4 is 0 Å². The molecule has 1 unspecified atom stereocenters. The molecule has 0 fully saturated rings. The van der Waals surface area contributed by atoms with E-state index in [9.17, 15) is 10.1 Å². The van der Waals surface area contributed by atoms with Crippen molar-refractivity contribution in [2.45, 2.75) is 13.0 Å². The lowest BCUT2D eigenvalue weighted by molar-refractivity contribution is -0.385. The Labute approximate surface area is 79.9 Å². The minimum Gasteiger partial charge on any atom is -0.258 e. The molecule has 14 heavy (non-hydrogen) atoms. The van der Waals surface area contributed by atoms with Gasteiger partial charge < -0.3 is 0 Å². The Morgan fingerprint density at radius 3 is 2.79 bits per heavy atom. The number of rotatable bonds is 3. The third-order valence-electron chi connectivity index (χ3n) is 1.81. The summed E-state index contributed by atoms with van der Waals surface area (Å²) in [5.41, 5.74) is 8.62. The Hall–Kier alpha value is -2.07. The summed E-state index contributed by atoms with van der Waals surface area (Å²) < 4.78 is 0. The number of benzene rings is 1. The number of nitro benzene ring substituents is 1. The van der Waals surface area contributed by atoms with Crippen LogP contribution in [-0.2, 0) is 0 Å². The molecule has 0 aliphatic rings. The predicted molar refractivity (Wildman–Crippen MR) is 50.7 cm³/mol. The van der Waals surface area contributed by atoms with Gasteiger partial charge in [0.15, 0.2) is 0 Å². The molecule has 0 spiro atoms. The van der Waals surface area contributed by atoms with E-state index in [-0.39, 0.29) is 5.69 Å². The van der Waals surface area contributed by atoms with Crippen LogP contribution >= 0.6 is 0 Å². The van der Waals surface area contributed by atoms with Crippen LogP contribution in [0, 0.1) is 10.1 Å². The molecule has 0 radical (unpaired) electrons. The van der Waals surface area contributed by atoms with Crippen molar-refractivity contribution in [1.29, 1.82) is 0 Å². The second-order valence-electron chi connectivity index (χ2n) is 2.70. The number of nitro groups is 1. The van der Waals surface area contributed by atoms with Crippen LogP contribution in [0.15, 0.2) is 29.4 Å². The standard InChI is InChI=1S/C8H8N4O2/c1-6(10-11-9)7-4-2-3-5-8(7)12(13)14/h2-6H,1H3. The van der Waals surface area contributed by atoms with Gasteiger partial charge >= 0.3 is 0 Å². The van der Waals surface area contributed by atoms with Gasteiger partial charge in [0.25, 0.3) is 5.69 Å². The second-order valence-corrected chi connectivity index (χ2v) is 2.70. The zero-order valence-corrected chi connectivity index (χ0v) is 7.49. The summed E-state index contributed by atoms with van der Waals surface area (Å²) >= 11 is 0. The minimum atomic E-state index is -0.526. The van der Waals surface area contributed by atoms with Gasteiger partial charge in [-0.1, -0.05) is 30.2 Å². The summed E-state index contributed by atoms with van der Waals surface area (Å²) in [7, 11) is 0. The van der Waals surface area contributed by atoms with E-state index >= 15 is 0 Å². The van der Waals surface area contributed by atoms with Crippen LogP contribution in [0.25, 0.3) is 10.4 Å². The highest BCUT2D eigenvalue weighted by Crippen LogP contribution is 2.26. The summed E-state index contributed by atoms with van der Waals surface area (Å²) in [6, 6.07) is 5.69. The molecule has 1 rings (SSSR count). The van der Waals surface area contributed by atoms with E-state index in [2.05, 4.69) is 10.0 Å². The number of hydrogen-bond acceptors (Lipinski definition) is 3. The Morgan fingerprint density at radius 2 is 2.21 bits per heavy atom. The van der Waals surface area contributed by atoms with Gasteiger partial charge in [-0.3, -0.25) is 10.1 Å². The molecule has 0 heterocycles. The van der Waals surface area contributed by atoms with Crippen molar-refractivity contribution >= 4 is 5.69 Å². The molecular formula is C8H8N4O2. The SMILES string of the molecule is CC(N=[N+]=[N-])c1ccccc1[N+](=O)[O-]. The van der Waals surface area contributed by atoms with Crippen LogP contribution in [-0.4, -0.2) is 4.92 Å². The highest BCUT2D eigenvalue weighted by molar-refractivity contribution is 5.41. The summed E-state index contributed by atoms with van der Waals surface area (Å²) in [4.78, 5) is 12.7. The van der Waals surface area contributed by atoms with Crippen molar-refractivity contribution in [2.24, 2.45) is 5.11 Å². The molecule has 72 valence electrons. The summed E-state index contributed by atoms with van der Waals surface area (Å²) in [6.45, 7) is 1.61. The average molecular weight is 192 g/mol. The van der Waals surface area contributed by atoms with Crippen molar-refractivity contribution in [1.82, 2.24) is 0 Å². The van der Waals surface area contributed by atoms with Crippen LogP contribution in [0.4, 0.5) is 5.69 Å². The molecule has 0 saturated carbocycles. The minimum absolute atomic E-state index is 0.0209. The fourth-order valence-electron chi connectivity index (χ4n) is 1.15. The van der Waals surface area contributed by atoms with E-state index in [1.807, 2.05) is 0 Å². The number of hydrogen-bond donors (Lipinski definition) is 0. The zero-order chi connectivity index (χ0) is 10.6. The molecule has 1 atom stereocenters. The molecule has 6 heteroatoms. The maximum absolute atomic E-state index is 10.6. The molecule has 0 aliphatic carbocycles. The van der Waals surface area contributed by atoms with Crippen LogP contribution in [0.1, 0.15) is 18.5 Å². The monoisotopic (exact) mass is 192 g/mol. The van der Waals surface area contributed by atoms with Crippen molar-refractivity contribution in [3.05, 3.63) is 50.4 Å². The van der Waals surface area contributed by atoms with Gasteiger partial charge in [-0.05, 0) is 5.53 Å². The van der Waals surface area contributed by atoms with E-state index < -0.39 is 11.0 Å². The van der Waals surface area contributed by atoms with Gasteiger partial charge in [0, 0.05) is 16.5 Å². The largest absolute Gasteiger partial charge is 0.272 e. The molecule has 0 bridgehead atoms. The van der Waals surface area contributed by atoms with E-state index in [0.717, 1.165) is 0 Å². The summed E-state index contributed by atoms with van der Waals surface area (Å²) in [5, 5.41) is 14.0. The van der Waals surface area contributed by atoms with E-state index in [0.29, 0.717) is 5.56 Å².